The fourth-order valence-corrected chi connectivity index (χ4v) is 1.98. The topological polar surface area (TPSA) is 126 Å². The number of furan rings is 1. The first-order chi connectivity index (χ1) is 9.73. The zero-order chi connectivity index (χ0) is 16.0. The summed E-state index contributed by atoms with van der Waals surface area (Å²) >= 11 is 0. The molecule has 1 aromatic heterocycles. The number of amides is 1. The molecule has 3 N–H and O–H groups in total. The first-order valence-corrected chi connectivity index (χ1v) is 8.19. The van der Waals surface area contributed by atoms with E-state index in [2.05, 4.69) is 10.0 Å². The molecule has 0 radical (unpaired) electrons. The fourth-order valence-electron chi connectivity index (χ4n) is 1.57. The third-order valence-corrected chi connectivity index (χ3v) is 3.24. The Morgan fingerprint density at radius 3 is 2.57 bits per heavy atom. The zero-order valence-corrected chi connectivity index (χ0v) is 12.6. The maximum atomic E-state index is 11.8. The van der Waals surface area contributed by atoms with Gasteiger partial charge in [-0.15, -0.1) is 0 Å². The minimum Gasteiger partial charge on any atom is -0.480 e. The van der Waals surface area contributed by atoms with E-state index in [1.807, 2.05) is 6.92 Å². The van der Waals surface area contributed by atoms with Crippen LogP contribution in [0.1, 0.15) is 36.1 Å². The number of carbonyl (C=O) groups excluding carboxylic acids is 1. The van der Waals surface area contributed by atoms with Gasteiger partial charge in [-0.25, -0.2) is 17.9 Å². The monoisotopic (exact) mass is 318 g/mol. The Morgan fingerprint density at radius 1 is 1.38 bits per heavy atom. The first kappa shape index (κ1) is 17.2. The van der Waals surface area contributed by atoms with Gasteiger partial charge >= 0.3 is 5.97 Å². The largest absolute Gasteiger partial charge is 0.480 e. The van der Waals surface area contributed by atoms with E-state index in [9.17, 15) is 18.0 Å². The molecule has 1 heterocycles. The van der Waals surface area contributed by atoms with Gasteiger partial charge in [0.25, 0.3) is 5.91 Å². The van der Waals surface area contributed by atoms with E-state index in [4.69, 9.17) is 9.52 Å². The van der Waals surface area contributed by atoms with Crippen LogP contribution in [0.5, 0.6) is 0 Å². The van der Waals surface area contributed by atoms with Crippen molar-refractivity contribution < 1.29 is 27.5 Å². The van der Waals surface area contributed by atoms with Crippen LogP contribution in [-0.2, 0) is 21.4 Å². The Morgan fingerprint density at radius 2 is 2.05 bits per heavy atom. The molecular weight excluding hydrogens is 300 g/mol. The SMILES string of the molecule is CCCC(NC(=O)c1ccc(CNS(C)(=O)=O)o1)C(=O)O. The summed E-state index contributed by atoms with van der Waals surface area (Å²) in [4.78, 5) is 22.8. The van der Waals surface area contributed by atoms with Gasteiger partial charge in [-0.3, -0.25) is 4.79 Å². The van der Waals surface area contributed by atoms with Crippen molar-refractivity contribution >= 4 is 21.9 Å². The average molecular weight is 318 g/mol. The van der Waals surface area contributed by atoms with Gasteiger partial charge in [-0.2, -0.15) is 0 Å². The normalized spacial score (nSPS) is 12.9. The van der Waals surface area contributed by atoms with Gasteiger partial charge in [0.2, 0.25) is 10.0 Å². The van der Waals surface area contributed by atoms with Crippen molar-refractivity contribution in [3.05, 3.63) is 23.7 Å². The van der Waals surface area contributed by atoms with E-state index in [0.29, 0.717) is 12.8 Å². The minimum atomic E-state index is -3.36. The van der Waals surface area contributed by atoms with E-state index in [1.54, 1.807) is 0 Å². The van der Waals surface area contributed by atoms with E-state index in [0.717, 1.165) is 6.26 Å². The minimum absolute atomic E-state index is 0.0670. The van der Waals surface area contributed by atoms with Gasteiger partial charge in [0.05, 0.1) is 12.8 Å². The van der Waals surface area contributed by atoms with Crippen molar-refractivity contribution in [2.45, 2.75) is 32.4 Å². The number of hydrogen-bond donors (Lipinski definition) is 3. The Balaban J connectivity index is 2.67. The van der Waals surface area contributed by atoms with E-state index in [1.165, 1.54) is 12.1 Å². The van der Waals surface area contributed by atoms with Crippen molar-refractivity contribution in [1.82, 2.24) is 10.0 Å². The first-order valence-electron chi connectivity index (χ1n) is 6.30. The lowest BCUT2D eigenvalue weighted by Gasteiger charge is -2.12. The highest BCUT2D eigenvalue weighted by atomic mass is 32.2. The van der Waals surface area contributed by atoms with Gasteiger partial charge < -0.3 is 14.8 Å². The standard InChI is InChI=1S/C12H18N2O6S/c1-3-4-9(12(16)17)14-11(15)10-6-5-8(20-10)7-13-21(2,18)19/h5-6,9,13H,3-4,7H2,1-2H3,(H,14,15)(H,16,17). The number of carbonyl (C=O) groups is 2. The van der Waals surface area contributed by atoms with Crippen molar-refractivity contribution in [3.63, 3.8) is 0 Å². The van der Waals surface area contributed by atoms with Crippen LogP contribution >= 0.6 is 0 Å². The molecule has 0 aromatic carbocycles. The summed E-state index contributed by atoms with van der Waals surface area (Å²) in [6, 6.07) is 1.83. The van der Waals surface area contributed by atoms with Gasteiger partial charge in [-0.1, -0.05) is 13.3 Å². The summed E-state index contributed by atoms with van der Waals surface area (Å²) in [7, 11) is -3.36. The zero-order valence-electron chi connectivity index (χ0n) is 11.8. The number of carboxylic acids is 1. The smallest absolute Gasteiger partial charge is 0.326 e. The summed E-state index contributed by atoms with van der Waals surface area (Å²) in [5.74, 6) is -1.58. The molecule has 0 saturated carbocycles. The molecule has 0 aliphatic heterocycles. The Kier molecular flexibility index (Phi) is 5.91. The molecule has 8 nitrogen and oxygen atoms in total. The highest BCUT2D eigenvalue weighted by Crippen LogP contribution is 2.09. The number of rotatable bonds is 8. The molecule has 1 amide bonds. The molecule has 0 bridgehead atoms. The van der Waals surface area contributed by atoms with Crippen LogP contribution < -0.4 is 10.0 Å². The fraction of sp³-hybridized carbons (Fsp3) is 0.500. The number of hydrogen-bond acceptors (Lipinski definition) is 5. The molecule has 0 saturated heterocycles. The average Bonchev–Trinajstić information content (AvgIpc) is 2.83. The van der Waals surface area contributed by atoms with Crippen LogP contribution in [0.4, 0.5) is 0 Å². The Bertz CT molecular complexity index is 607. The van der Waals surface area contributed by atoms with E-state index in [-0.39, 0.29) is 18.1 Å². The molecule has 1 aromatic rings. The van der Waals surface area contributed by atoms with Crippen molar-refractivity contribution in [2.24, 2.45) is 0 Å². The quantitative estimate of drug-likeness (QED) is 0.633. The lowest BCUT2D eigenvalue weighted by Crippen LogP contribution is -2.40. The predicted octanol–water partition coefficient (Wildman–Crippen LogP) is 0.312. The molecule has 1 atom stereocenters. The van der Waals surface area contributed by atoms with Crippen molar-refractivity contribution in [2.75, 3.05) is 6.26 Å². The summed E-state index contributed by atoms with van der Waals surface area (Å²) < 4.78 is 29.3. The maximum absolute atomic E-state index is 11.8. The van der Waals surface area contributed by atoms with Crippen LogP contribution in [0.25, 0.3) is 0 Å². The summed E-state index contributed by atoms with van der Waals surface area (Å²) in [6.45, 7) is 1.73. The van der Waals surface area contributed by atoms with Crippen molar-refractivity contribution in [3.8, 4) is 0 Å². The number of aliphatic carboxylic acids is 1. The van der Waals surface area contributed by atoms with Gasteiger partial charge in [0.15, 0.2) is 5.76 Å². The van der Waals surface area contributed by atoms with Gasteiger partial charge in [0, 0.05) is 0 Å². The van der Waals surface area contributed by atoms with Crippen LogP contribution in [-0.4, -0.2) is 37.7 Å². The molecule has 0 fully saturated rings. The third kappa shape index (κ3) is 5.96. The van der Waals surface area contributed by atoms with Crippen LogP contribution in [0.2, 0.25) is 0 Å². The number of carboxylic acid groups (broad SMARTS) is 1. The van der Waals surface area contributed by atoms with Crippen LogP contribution in [0.15, 0.2) is 16.5 Å². The summed E-state index contributed by atoms with van der Waals surface area (Å²) in [6.07, 6.45) is 1.93. The Labute approximate surface area is 122 Å². The van der Waals surface area contributed by atoms with E-state index < -0.39 is 27.9 Å². The second kappa shape index (κ2) is 7.23. The molecule has 9 heteroatoms. The summed E-state index contributed by atoms with van der Waals surface area (Å²) in [5.41, 5.74) is 0. The predicted molar refractivity (Wildman–Crippen MR) is 74.2 cm³/mol. The molecule has 0 aliphatic carbocycles. The molecule has 0 spiro atoms. The molecular formula is C12H18N2O6S. The van der Waals surface area contributed by atoms with Crippen LogP contribution in [0, 0.1) is 0 Å². The third-order valence-electron chi connectivity index (χ3n) is 2.57. The van der Waals surface area contributed by atoms with Gasteiger partial charge in [-0.05, 0) is 18.6 Å². The molecule has 0 aliphatic rings. The van der Waals surface area contributed by atoms with E-state index >= 15 is 0 Å². The molecule has 1 unspecified atom stereocenters. The second-order valence-corrected chi connectivity index (χ2v) is 6.35. The Hall–Kier alpha value is -1.87. The van der Waals surface area contributed by atoms with Crippen molar-refractivity contribution in [1.29, 1.82) is 0 Å². The number of nitrogens with one attached hydrogen (secondary N) is 2. The highest BCUT2D eigenvalue weighted by Gasteiger charge is 2.21. The molecule has 21 heavy (non-hydrogen) atoms. The maximum Gasteiger partial charge on any atom is 0.326 e. The lowest BCUT2D eigenvalue weighted by molar-refractivity contribution is -0.139. The second-order valence-electron chi connectivity index (χ2n) is 4.51. The summed E-state index contributed by atoms with van der Waals surface area (Å²) in [5, 5.41) is 11.3. The number of sulfonamides is 1. The molecule has 118 valence electrons. The highest BCUT2D eigenvalue weighted by molar-refractivity contribution is 7.88. The van der Waals surface area contributed by atoms with Gasteiger partial charge in [0.1, 0.15) is 11.8 Å². The van der Waals surface area contributed by atoms with Crippen LogP contribution in [0.3, 0.4) is 0 Å². The lowest BCUT2D eigenvalue weighted by atomic mass is 10.1. The molecule has 1 rings (SSSR count).